The Bertz CT molecular complexity index is 381. The van der Waals surface area contributed by atoms with Gasteiger partial charge in [-0.05, 0) is 12.8 Å². The van der Waals surface area contributed by atoms with E-state index >= 15 is 0 Å². The molecular formula is C12H22O4S2. The third kappa shape index (κ3) is 5.18. The zero-order chi connectivity index (χ0) is 13.8. The summed E-state index contributed by atoms with van der Waals surface area (Å²) in [4.78, 5) is 11.7. The molecule has 1 atom stereocenters. The van der Waals surface area contributed by atoms with E-state index in [1.165, 1.54) is 0 Å². The molecule has 1 fully saturated rings. The van der Waals surface area contributed by atoms with Crippen molar-refractivity contribution in [1.82, 2.24) is 0 Å². The van der Waals surface area contributed by atoms with Crippen LogP contribution in [0.1, 0.15) is 40.0 Å². The molecule has 0 aromatic carbocycles. The summed E-state index contributed by atoms with van der Waals surface area (Å²) in [6.45, 7) is 6.55. The van der Waals surface area contributed by atoms with Crippen molar-refractivity contribution in [3.8, 4) is 0 Å². The van der Waals surface area contributed by atoms with E-state index in [1.807, 2.05) is 0 Å². The van der Waals surface area contributed by atoms with E-state index in [2.05, 4.69) is 20.8 Å². The molecule has 1 aliphatic heterocycles. The van der Waals surface area contributed by atoms with Gasteiger partial charge in [0.2, 0.25) is 0 Å². The molecule has 0 aliphatic carbocycles. The van der Waals surface area contributed by atoms with E-state index in [0.717, 1.165) is 6.42 Å². The predicted molar refractivity (Wildman–Crippen MR) is 74.6 cm³/mol. The molecule has 0 radical (unpaired) electrons. The first-order valence-electron chi connectivity index (χ1n) is 6.24. The van der Waals surface area contributed by atoms with Gasteiger partial charge in [-0.2, -0.15) is 11.8 Å². The zero-order valence-electron chi connectivity index (χ0n) is 11.3. The number of esters is 1. The Morgan fingerprint density at radius 3 is 2.56 bits per heavy atom. The van der Waals surface area contributed by atoms with Crippen LogP contribution in [0.3, 0.4) is 0 Å². The molecule has 0 spiro atoms. The first-order valence-corrected chi connectivity index (χ1v) is 8.95. The van der Waals surface area contributed by atoms with Crippen LogP contribution in [-0.4, -0.2) is 42.5 Å². The minimum Gasteiger partial charge on any atom is -0.464 e. The second kappa shape index (κ2) is 6.28. The fourth-order valence-electron chi connectivity index (χ4n) is 1.80. The summed E-state index contributed by atoms with van der Waals surface area (Å²) in [6.07, 6.45) is 1.86. The Morgan fingerprint density at radius 1 is 1.33 bits per heavy atom. The largest absolute Gasteiger partial charge is 0.464 e. The average molecular weight is 294 g/mol. The van der Waals surface area contributed by atoms with Crippen molar-refractivity contribution in [2.24, 2.45) is 0 Å². The van der Waals surface area contributed by atoms with E-state index in [9.17, 15) is 13.2 Å². The van der Waals surface area contributed by atoms with Crippen LogP contribution in [0.5, 0.6) is 0 Å². The van der Waals surface area contributed by atoms with Crippen molar-refractivity contribution in [3.63, 3.8) is 0 Å². The van der Waals surface area contributed by atoms with Gasteiger partial charge in [0, 0.05) is 10.5 Å². The molecule has 1 rings (SSSR count). The Balaban J connectivity index is 2.37. The summed E-state index contributed by atoms with van der Waals surface area (Å²) in [6, 6.07) is 0. The number of sulfone groups is 1. The Hall–Kier alpha value is -0.230. The van der Waals surface area contributed by atoms with E-state index in [4.69, 9.17) is 4.74 Å². The molecule has 0 aromatic heterocycles. The van der Waals surface area contributed by atoms with Gasteiger partial charge < -0.3 is 4.74 Å². The Kier molecular flexibility index (Phi) is 5.52. The quantitative estimate of drug-likeness (QED) is 0.586. The number of rotatable bonds is 4. The van der Waals surface area contributed by atoms with Crippen LogP contribution >= 0.6 is 11.8 Å². The average Bonchev–Trinajstić information content (AvgIpc) is 2.22. The highest BCUT2D eigenvalue weighted by molar-refractivity contribution is 8.00. The summed E-state index contributed by atoms with van der Waals surface area (Å²) in [5.74, 6) is 0.245. The monoisotopic (exact) mass is 294 g/mol. The van der Waals surface area contributed by atoms with Crippen LogP contribution in [0.2, 0.25) is 0 Å². The van der Waals surface area contributed by atoms with Crippen LogP contribution in [0.4, 0.5) is 0 Å². The standard InChI is InChI=1S/C12H22O4S2/c1-12(2,3)17-8-7-16-11(13)10-6-4-5-9-18(10,14)15/h10H,4-9H2,1-3H3/t10-/m1/s1. The molecule has 0 bridgehead atoms. The second-order valence-corrected chi connectivity index (χ2v) is 9.70. The molecule has 0 saturated carbocycles. The van der Waals surface area contributed by atoms with Crippen LogP contribution in [0.15, 0.2) is 0 Å². The third-order valence-electron chi connectivity index (χ3n) is 2.70. The molecule has 18 heavy (non-hydrogen) atoms. The first-order chi connectivity index (χ1) is 8.22. The first kappa shape index (κ1) is 15.8. The van der Waals surface area contributed by atoms with Crippen molar-refractivity contribution in [2.75, 3.05) is 18.1 Å². The predicted octanol–water partition coefficient (Wildman–Crippen LogP) is 2.03. The lowest BCUT2D eigenvalue weighted by Gasteiger charge is -2.21. The van der Waals surface area contributed by atoms with Gasteiger partial charge in [0.05, 0.1) is 5.75 Å². The number of hydrogen-bond acceptors (Lipinski definition) is 5. The van der Waals surface area contributed by atoms with Crippen LogP contribution in [-0.2, 0) is 19.4 Å². The highest BCUT2D eigenvalue weighted by Gasteiger charge is 2.35. The number of hydrogen-bond donors (Lipinski definition) is 0. The van der Waals surface area contributed by atoms with Crippen molar-refractivity contribution in [3.05, 3.63) is 0 Å². The molecule has 0 unspecified atom stereocenters. The number of carbonyl (C=O) groups excluding carboxylic acids is 1. The molecule has 0 amide bonds. The Labute approximate surface area is 114 Å². The second-order valence-electron chi connectivity index (χ2n) is 5.48. The van der Waals surface area contributed by atoms with Crippen molar-refractivity contribution < 1.29 is 17.9 Å². The lowest BCUT2D eigenvalue weighted by molar-refractivity contribution is -0.142. The van der Waals surface area contributed by atoms with Crippen molar-refractivity contribution in [2.45, 2.75) is 50.0 Å². The molecule has 0 N–H and O–H groups in total. The van der Waals surface area contributed by atoms with Gasteiger partial charge in [-0.15, -0.1) is 0 Å². The number of ether oxygens (including phenoxy) is 1. The minimum absolute atomic E-state index is 0.115. The molecule has 106 valence electrons. The summed E-state index contributed by atoms with van der Waals surface area (Å²) >= 11 is 1.70. The van der Waals surface area contributed by atoms with E-state index < -0.39 is 21.1 Å². The molecular weight excluding hydrogens is 272 g/mol. The molecule has 4 nitrogen and oxygen atoms in total. The zero-order valence-corrected chi connectivity index (χ0v) is 12.9. The number of thioether (sulfide) groups is 1. The molecule has 0 aromatic rings. The summed E-state index contributed by atoms with van der Waals surface area (Å²) < 4.78 is 28.6. The molecule has 1 aliphatic rings. The van der Waals surface area contributed by atoms with E-state index in [1.54, 1.807) is 11.8 Å². The maximum atomic E-state index is 11.7. The maximum Gasteiger partial charge on any atom is 0.324 e. The van der Waals surface area contributed by atoms with Crippen LogP contribution < -0.4 is 0 Å². The van der Waals surface area contributed by atoms with Gasteiger partial charge in [0.1, 0.15) is 6.61 Å². The van der Waals surface area contributed by atoms with Gasteiger partial charge >= 0.3 is 5.97 Å². The van der Waals surface area contributed by atoms with Crippen LogP contribution in [0, 0.1) is 0 Å². The number of carbonyl (C=O) groups is 1. The van der Waals surface area contributed by atoms with E-state index in [0.29, 0.717) is 18.6 Å². The van der Waals surface area contributed by atoms with Crippen molar-refractivity contribution in [1.29, 1.82) is 0 Å². The third-order valence-corrected chi connectivity index (χ3v) is 6.09. The van der Waals surface area contributed by atoms with Gasteiger partial charge in [-0.1, -0.05) is 27.2 Å². The lowest BCUT2D eigenvalue weighted by Crippen LogP contribution is -2.37. The topological polar surface area (TPSA) is 60.4 Å². The Morgan fingerprint density at radius 2 is 2.00 bits per heavy atom. The lowest BCUT2D eigenvalue weighted by atomic mass is 10.2. The van der Waals surface area contributed by atoms with Gasteiger partial charge in [0.15, 0.2) is 15.1 Å². The van der Waals surface area contributed by atoms with Gasteiger partial charge in [-0.25, -0.2) is 8.42 Å². The van der Waals surface area contributed by atoms with Gasteiger partial charge in [0.25, 0.3) is 0 Å². The highest BCUT2D eigenvalue weighted by Crippen LogP contribution is 2.23. The summed E-state index contributed by atoms with van der Waals surface area (Å²) in [5, 5.41) is -0.925. The normalized spacial score (nSPS) is 23.6. The fraction of sp³-hybridized carbons (Fsp3) is 0.917. The summed E-state index contributed by atoms with van der Waals surface area (Å²) in [7, 11) is -3.27. The van der Waals surface area contributed by atoms with Crippen LogP contribution in [0.25, 0.3) is 0 Å². The SMILES string of the molecule is CC(C)(C)SCCOC(=O)[C@H]1CCCCS1(=O)=O. The summed E-state index contributed by atoms with van der Waals surface area (Å²) in [5.41, 5.74) is 0. The highest BCUT2D eigenvalue weighted by atomic mass is 32.2. The molecule has 1 heterocycles. The molecule has 6 heteroatoms. The van der Waals surface area contributed by atoms with E-state index in [-0.39, 0.29) is 17.1 Å². The smallest absolute Gasteiger partial charge is 0.324 e. The minimum atomic E-state index is -3.27. The van der Waals surface area contributed by atoms with Gasteiger partial charge in [-0.3, -0.25) is 4.79 Å². The maximum absolute atomic E-state index is 11.7. The molecule has 1 saturated heterocycles. The van der Waals surface area contributed by atoms with Crippen molar-refractivity contribution >= 4 is 27.6 Å². The fourth-order valence-corrected chi connectivity index (χ4v) is 4.36.